The van der Waals surface area contributed by atoms with Gasteiger partial charge in [-0.2, -0.15) is 0 Å². The number of hydrogen-bond donors (Lipinski definition) is 2. The molecule has 1 saturated heterocycles. The summed E-state index contributed by atoms with van der Waals surface area (Å²) in [5, 5.41) is 0.127. The third-order valence-electron chi connectivity index (χ3n) is 2.63. The highest BCUT2D eigenvalue weighted by Gasteiger charge is 2.21. The van der Waals surface area contributed by atoms with Crippen molar-refractivity contribution in [3.63, 3.8) is 0 Å². The zero-order valence-corrected chi connectivity index (χ0v) is 11.7. The molecule has 1 aromatic rings. The lowest BCUT2D eigenvalue weighted by molar-refractivity contribution is -0.0846. The molecular weight excluding hydrogens is 292 g/mol. The predicted molar refractivity (Wildman–Crippen MR) is 71.6 cm³/mol. The van der Waals surface area contributed by atoms with Crippen LogP contribution in [0.2, 0.25) is 5.02 Å². The molecule has 1 aromatic carbocycles. The van der Waals surface area contributed by atoms with Crippen LogP contribution in [-0.2, 0) is 19.5 Å². The van der Waals surface area contributed by atoms with E-state index in [0.717, 1.165) is 0 Å². The van der Waals surface area contributed by atoms with Crippen LogP contribution in [0.5, 0.6) is 0 Å². The third kappa shape index (κ3) is 3.80. The maximum absolute atomic E-state index is 12.1. The van der Waals surface area contributed by atoms with E-state index in [4.69, 9.17) is 26.8 Å². The van der Waals surface area contributed by atoms with Gasteiger partial charge in [-0.3, -0.25) is 0 Å². The number of hydrogen-bond acceptors (Lipinski definition) is 5. The van der Waals surface area contributed by atoms with E-state index in [-0.39, 0.29) is 22.6 Å². The van der Waals surface area contributed by atoms with Crippen LogP contribution in [0.1, 0.15) is 0 Å². The zero-order chi connectivity index (χ0) is 13.9. The Morgan fingerprint density at radius 3 is 2.89 bits per heavy atom. The molecule has 1 aliphatic rings. The quantitative estimate of drug-likeness (QED) is 0.796. The van der Waals surface area contributed by atoms with Gasteiger partial charge in [0.2, 0.25) is 10.0 Å². The number of halogens is 1. The van der Waals surface area contributed by atoms with Crippen molar-refractivity contribution in [3.8, 4) is 0 Å². The first-order valence-corrected chi connectivity index (χ1v) is 7.59. The maximum Gasteiger partial charge on any atom is 0.242 e. The molecule has 0 aliphatic carbocycles. The molecule has 1 fully saturated rings. The number of rotatable bonds is 4. The van der Waals surface area contributed by atoms with Crippen LogP contribution < -0.4 is 10.5 Å². The van der Waals surface area contributed by atoms with Crippen LogP contribution in [0.25, 0.3) is 0 Å². The Morgan fingerprint density at radius 2 is 2.21 bits per heavy atom. The highest BCUT2D eigenvalue weighted by Crippen LogP contribution is 2.23. The lowest BCUT2D eigenvalue weighted by Gasteiger charge is -2.23. The van der Waals surface area contributed by atoms with Gasteiger partial charge in [-0.15, -0.1) is 0 Å². The van der Waals surface area contributed by atoms with Gasteiger partial charge in [0.25, 0.3) is 0 Å². The van der Waals surface area contributed by atoms with Crippen molar-refractivity contribution in [2.75, 3.05) is 32.1 Å². The summed E-state index contributed by atoms with van der Waals surface area (Å²) in [6, 6.07) is 4.31. The first-order valence-electron chi connectivity index (χ1n) is 5.73. The molecule has 8 heteroatoms. The summed E-state index contributed by atoms with van der Waals surface area (Å²) in [5.74, 6) is 0. The summed E-state index contributed by atoms with van der Waals surface area (Å²) in [7, 11) is -3.71. The van der Waals surface area contributed by atoms with Crippen LogP contribution >= 0.6 is 11.6 Å². The minimum atomic E-state index is -3.71. The van der Waals surface area contributed by atoms with Crippen LogP contribution in [-0.4, -0.2) is 40.9 Å². The first kappa shape index (κ1) is 14.5. The molecule has 1 atom stereocenters. The van der Waals surface area contributed by atoms with E-state index in [0.29, 0.717) is 25.5 Å². The van der Waals surface area contributed by atoms with Crippen LogP contribution in [0.3, 0.4) is 0 Å². The standard InChI is InChI=1S/C11H15ClN2O4S/c12-10-2-1-8(13)5-11(10)19(15,16)14-6-9-7-17-3-4-18-9/h1-2,5,9,14H,3-4,6-7,13H2. The van der Waals surface area contributed by atoms with Gasteiger partial charge >= 0.3 is 0 Å². The van der Waals surface area contributed by atoms with Crippen LogP contribution in [0.15, 0.2) is 23.1 Å². The van der Waals surface area contributed by atoms with Crippen LogP contribution in [0, 0.1) is 0 Å². The molecule has 0 saturated carbocycles. The van der Waals surface area contributed by atoms with E-state index in [1.54, 1.807) is 6.07 Å². The second-order valence-electron chi connectivity index (χ2n) is 4.11. The fourth-order valence-electron chi connectivity index (χ4n) is 1.66. The molecule has 0 amide bonds. The largest absolute Gasteiger partial charge is 0.399 e. The molecule has 3 N–H and O–H groups in total. The highest BCUT2D eigenvalue weighted by molar-refractivity contribution is 7.89. The van der Waals surface area contributed by atoms with E-state index in [1.807, 2.05) is 0 Å². The molecule has 0 spiro atoms. The number of sulfonamides is 1. The minimum absolute atomic E-state index is 0.0362. The van der Waals surface area contributed by atoms with Crippen molar-refractivity contribution in [2.24, 2.45) is 0 Å². The lowest BCUT2D eigenvalue weighted by atomic mass is 10.3. The number of benzene rings is 1. The summed E-state index contributed by atoms with van der Waals surface area (Å²) in [6.45, 7) is 1.50. The van der Waals surface area contributed by atoms with Crippen molar-refractivity contribution < 1.29 is 17.9 Å². The van der Waals surface area contributed by atoms with Gasteiger partial charge in [-0.25, -0.2) is 13.1 Å². The molecule has 106 valence electrons. The van der Waals surface area contributed by atoms with Crippen molar-refractivity contribution in [2.45, 2.75) is 11.0 Å². The van der Waals surface area contributed by atoms with Crippen LogP contribution in [0.4, 0.5) is 5.69 Å². The third-order valence-corrected chi connectivity index (χ3v) is 4.54. The Balaban J connectivity index is 2.07. The second kappa shape index (κ2) is 6.06. The number of ether oxygens (including phenoxy) is 2. The van der Waals surface area contributed by atoms with Crippen molar-refractivity contribution in [1.82, 2.24) is 4.72 Å². The number of nitrogen functional groups attached to an aromatic ring is 1. The van der Waals surface area contributed by atoms with Gasteiger partial charge in [-0.1, -0.05) is 11.6 Å². The van der Waals surface area contributed by atoms with Gasteiger partial charge in [0.05, 0.1) is 30.9 Å². The molecule has 1 aliphatic heterocycles. The Bertz CT molecular complexity index is 544. The van der Waals surface area contributed by atoms with E-state index in [1.165, 1.54) is 12.1 Å². The van der Waals surface area contributed by atoms with E-state index >= 15 is 0 Å². The highest BCUT2D eigenvalue weighted by atomic mass is 35.5. The topological polar surface area (TPSA) is 90.7 Å². The average Bonchev–Trinajstić information content (AvgIpc) is 2.40. The summed E-state index contributed by atoms with van der Waals surface area (Å²) >= 11 is 5.87. The Morgan fingerprint density at radius 1 is 1.42 bits per heavy atom. The molecule has 1 unspecified atom stereocenters. The lowest BCUT2D eigenvalue weighted by Crippen LogP contribution is -2.39. The summed E-state index contributed by atoms with van der Waals surface area (Å²) < 4.78 is 37.2. The molecular formula is C11H15ClN2O4S. The fourth-order valence-corrected chi connectivity index (χ4v) is 3.26. The van der Waals surface area contributed by atoms with E-state index in [9.17, 15) is 8.42 Å². The molecule has 0 radical (unpaired) electrons. The van der Waals surface area contributed by atoms with Gasteiger partial charge < -0.3 is 15.2 Å². The van der Waals surface area contributed by atoms with Gasteiger partial charge in [-0.05, 0) is 18.2 Å². The molecule has 2 rings (SSSR count). The molecule has 19 heavy (non-hydrogen) atoms. The number of nitrogens with one attached hydrogen (secondary N) is 1. The predicted octanol–water partition coefficient (Wildman–Crippen LogP) is 0.616. The molecule has 0 aromatic heterocycles. The smallest absolute Gasteiger partial charge is 0.242 e. The Kier molecular flexibility index (Phi) is 4.64. The van der Waals surface area contributed by atoms with Gasteiger partial charge in [0, 0.05) is 12.2 Å². The van der Waals surface area contributed by atoms with Gasteiger partial charge in [0.15, 0.2) is 0 Å². The average molecular weight is 307 g/mol. The van der Waals surface area contributed by atoms with E-state index in [2.05, 4.69) is 4.72 Å². The van der Waals surface area contributed by atoms with Gasteiger partial charge in [0.1, 0.15) is 4.90 Å². The maximum atomic E-state index is 12.1. The number of nitrogens with two attached hydrogens (primary N) is 1. The monoisotopic (exact) mass is 306 g/mol. The Labute approximate surface area is 116 Å². The second-order valence-corrected chi connectivity index (χ2v) is 6.25. The summed E-state index contributed by atoms with van der Waals surface area (Å²) in [4.78, 5) is -0.0362. The van der Waals surface area contributed by atoms with Crippen molar-refractivity contribution in [1.29, 1.82) is 0 Å². The molecule has 1 heterocycles. The minimum Gasteiger partial charge on any atom is -0.399 e. The molecule has 0 bridgehead atoms. The Hall–Kier alpha value is -0.860. The molecule has 6 nitrogen and oxygen atoms in total. The van der Waals surface area contributed by atoms with Crippen molar-refractivity contribution in [3.05, 3.63) is 23.2 Å². The first-order chi connectivity index (χ1) is 8.99. The summed E-state index contributed by atoms with van der Waals surface area (Å²) in [5.41, 5.74) is 5.90. The summed E-state index contributed by atoms with van der Waals surface area (Å²) in [6.07, 6.45) is -0.289. The zero-order valence-electron chi connectivity index (χ0n) is 10.1. The fraction of sp³-hybridized carbons (Fsp3) is 0.455. The number of anilines is 1. The van der Waals surface area contributed by atoms with E-state index < -0.39 is 10.0 Å². The normalized spacial score (nSPS) is 20.4. The van der Waals surface area contributed by atoms with Crippen molar-refractivity contribution >= 4 is 27.3 Å². The SMILES string of the molecule is Nc1ccc(Cl)c(S(=O)(=O)NCC2COCCO2)c1.